The fourth-order valence-electron chi connectivity index (χ4n) is 4.50. The van der Waals surface area contributed by atoms with Gasteiger partial charge in [-0.3, -0.25) is 0 Å². The van der Waals surface area contributed by atoms with Gasteiger partial charge in [-0.1, -0.05) is 39.0 Å². The molecule has 2 atom stereocenters. The van der Waals surface area contributed by atoms with Crippen LogP contribution in [0.15, 0.2) is 0 Å². The van der Waals surface area contributed by atoms with Crippen molar-refractivity contribution in [3.05, 3.63) is 0 Å². The van der Waals surface area contributed by atoms with Gasteiger partial charge in [0.2, 0.25) is 0 Å². The Kier molecular flexibility index (Phi) is 5.27. The molecule has 1 saturated carbocycles. The second-order valence-corrected chi connectivity index (χ2v) is 6.74. The molecule has 0 amide bonds. The van der Waals surface area contributed by atoms with Crippen LogP contribution in [0, 0.1) is 11.3 Å². The minimum Gasteiger partial charge on any atom is -0.389 e. The highest BCUT2D eigenvalue weighted by atomic mass is 16.3. The van der Waals surface area contributed by atoms with E-state index >= 15 is 0 Å². The zero-order chi connectivity index (χ0) is 13.8. The Morgan fingerprint density at radius 1 is 1.11 bits per heavy atom. The lowest BCUT2D eigenvalue weighted by molar-refractivity contribution is -0.149. The van der Waals surface area contributed by atoms with Crippen LogP contribution < -0.4 is 11.1 Å². The molecule has 2 rings (SSSR count). The average molecular weight is 268 g/mol. The monoisotopic (exact) mass is 268 g/mol. The summed E-state index contributed by atoms with van der Waals surface area (Å²) in [5.41, 5.74) is 5.64. The van der Waals surface area contributed by atoms with Crippen LogP contribution in [0.5, 0.6) is 0 Å². The van der Waals surface area contributed by atoms with Crippen molar-refractivity contribution in [2.24, 2.45) is 17.1 Å². The molecular formula is C16H32N2O. The molecular weight excluding hydrogens is 236 g/mol. The lowest BCUT2D eigenvalue weighted by atomic mass is 9.57. The predicted octanol–water partition coefficient (Wildman–Crippen LogP) is 2.43. The molecule has 1 saturated heterocycles. The topological polar surface area (TPSA) is 58.3 Å². The molecule has 3 heteroatoms. The molecule has 0 radical (unpaired) electrons. The summed E-state index contributed by atoms with van der Waals surface area (Å²) in [6, 6.07) is 0. The van der Waals surface area contributed by atoms with Gasteiger partial charge in [0.1, 0.15) is 0 Å². The second-order valence-electron chi connectivity index (χ2n) is 6.74. The summed E-state index contributed by atoms with van der Waals surface area (Å²) in [5.74, 6) is 0.365. The number of hydrogen-bond acceptors (Lipinski definition) is 3. The third-order valence-corrected chi connectivity index (χ3v) is 5.86. The Balaban J connectivity index is 2.24. The number of rotatable bonds is 3. The van der Waals surface area contributed by atoms with Gasteiger partial charge in [-0.2, -0.15) is 0 Å². The molecule has 112 valence electrons. The highest BCUT2D eigenvalue weighted by molar-refractivity contribution is 5.05. The molecule has 1 heterocycles. The fraction of sp³-hybridized carbons (Fsp3) is 1.00. The molecule has 0 aromatic carbocycles. The molecule has 3 nitrogen and oxygen atoms in total. The van der Waals surface area contributed by atoms with Crippen LogP contribution >= 0.6 is 0 Å². The van der Waals surface area contributed by atoms with Gasteiger partial charge in [0.15, 0.2) is 0 Å². The summed E-state index contributed by atoms with van der Waals surface area (Å²) in [4.78, 5) is 0. The molecule has 2 fully saturated rings. The maximum Gasteiger partial charge on any atom is 0.0767 e. The minimum absolute atomic E-state index is 0.0316. The van der Waals surface area contributed by atoms with E-state index in [0.29, 0.717) is 12.5 Å². The quantitative estimate of drug-likeness (QED) is 0.737. The van der Waals surface area contributed by atoms with Gasteiger partial charge in [0, 0.05) is 24.4 Å². The van der Waals surface area contributed by atoms with Crippen molar-refractivity contribution in [3.8, 4) is 0 Å². The number of nitrogens with two attached hydrogens (primary N) is 1. The van der Waals surface area contributed by atoms with E-state index in [2.05, 4.69) is 12.2 Å². The molecule has 1 aliphatic carbocycles. The van der Waals surface area contributed by atoms with Crippen LogP contribution in [0.1, 0.15) is 64.7 Å². The van der Waals surface area contributed by atoms with E-state index in [1.54, 1.807) is 0 Å². The fourth-order valence-corrected chi connectivity index (χ4v) is 4.50. The van der Waals surface area contributed by atoms with Gasteiger partial charge in [0.25, 0.3) is 0 Å². The van der Waals surface area contributed by atoms with E-state index < -0.39 is 5.60 Å². The molecule has 0 aromatic heterocycles. The molecule has 1 aliphatic heterocycles. The molecule has 2 aliphatic rings. The van der Waals surface area contributed by atoms with Crippen LogP contribution in [-0.2, 0) is 0 Å². The number of aliphatic hydroxyl groups is 1. The highest BCUT2D eigenvalue weighted by Gasteiger charge is 2.53. The summed E-state index contributed by atoms with van der Waals surface area (Å²) < 4.78 is 0. The van der Waals surface area contributed by atoms with Gasteiger partial charge in [-0.05, 0) is 32.2 Å². The molecule has 0 spiro atoms. The Bertz CT molecular complexity index is 274. The van der Waals surface area contributed by atoms with E-state index in [1.807, 2.05) is 0 Å². The van der Waals surface area contributed by atoms with Crippen LogP contribution in [-0.4, -0.2) is 30.3 Å². The average Bonchev–Trinajstić information content (AvgIpc) is 2.39. The molecule has 19 heavy (non-hydrogen) atoms. The number of hydrogen-bond donors (Lipinski definition) is 3. The lowest BCUT2D eigenvalue weighted by Crippen LogP contribution is -2.62. The summed E-state index contributed by atoms with van der Waals surface area (Å²) in [6.07, 6.45) is 10.6. The van der Waals surface area contributed by atoms with Crippen molar-refractivity contribution < 1.29 is 5.11 Å². The zero-order valence-corrected chi connectivity index (χ0v) is 12.6. The van der Waals surface area contributed by atoms with E-state index in [4.69, 9.17) is 5.73 Å². The van der Waals surface area contributed by atoms with Crippen molar-refractivity contribution in [1.29, 1.82) is 0 Å². The first kappa shape index (κ1) is 15.3. The Morgan fingerprint density at radius 3 is 2.32 bits per heavy atom. The predicted molar refractivity (Wildman–Crippen MR) is 80.0 cm³/mol. The van der Waals surface area contributed by atoms with Gasteiger partial charge in [-0.15, -0.1) is 0 Å². The smallest absolute Gasteiger partial charge is 0.0767 e. The molecule has 0 bridgehead atoms. The molecule has 0 aromatic rings. The standard InChI is InChI=1S/C16H32N2O/c1-2-14-12-18-11-10-16(14,19)15(13-17)8-6-4-3-5-7-9-15/h14,18-19H,2-13,17H2,1H3. The SMILES string of the molecule is CCC1CNCCC1(O)C1(CN)CCCCCCC1. The van der Waals surface area contributed by atoms with Crippen molar-refractivity contribution in [2.75, 3.05) is 19.6 Å². The largest absolute Gasteiger partial charge is 0.389 e. The number of nitrogens with one attached hydrogen (secondary N) is 1. The first-order chi connectivity index (χ1) is 9.18. The van der Waals surface area contributed by atoms with Crippen LogP contribution in [0.3, 0.4) is 0 Å². The highest BCUT2D eigenvalue weighted by Crippen LogP contribution is 2.49. The van der Waals surface area contributed by atoms with Crippen molar-refractivity contribution in [1.82, 2.24) is 5.32 Å². The van der Waals surface area contributed by atoms with E-state index in [9.17, 15) is 5.11 Å². The van der Waals surface area contributed by atoms with Gasteiger partial charge in [-0.25, -0.2) is 0 Å². The normalized spacial score (nSPS) is 36.5. The Hall–Kier alpha value is -0.120. The van der Waals surface area contributed by atoms with Crippen molar-refractivity contribution in [2.45, 2.75) is 70.3 Å². The minimum atomic E-state index is -0.543. The van der Waals surface area contributed by atoms with Crippen molar-refractivity contribution >= 4 is 0 Å². The van der Waals surface area contributed by atoms with Crippen molar-refractivity contribution in [3.63, 3.8) is 0 Å². The Labute approximate surface area is 118 Å². The summed E-state index contributed by atoms with van der Waals surface area (Å²) in [5, 5.41) is 15.0. The first-order valence-electron chi connectivity index (χ1n) is 8.32. The van der Waals surface area contributed by atoms with Crippen LogP contribution in [0.25, 0.3) is 0 Å². The lowest BCUT2D eigenvalue weighted by Gasteiger charge is -2.54. The number of piperidine rings is 1. The maximum atomic E-state index is 11.5. The van der Waals surface area contributed by atoms with E-state index in [0.717, 1.165) is 38.8 Å². The maximum absolute atomic E-state index is 11.5. The van der Waals surface area contributed by atoms with Gasteiger partial charge < -0.3 is 16.2 Å². The summed E-state index contributed by atoms with van der Waals surface area (Å²) in [7, 11) is 0. The first-order valence-corrected chi connectivity index (χ1v) is 8.32. The van der Waals surface area contributed by atoms with E-state index in [1.165, 1.54) is 32.1 Å². The second kappa shape index (κ2) is 6.55. The molecule has 4 N–H and O–H groups in total. The third kappa shape index (κ3) is 2.84. The third-order valence-electron chi connectivity index (χ3n) is 5.86. The van der Waals surface area contributed by atoms with Crippen LogP contribution in [0.4, 0.5) is 0 Å². The van der Waals surface area contributed by atoms with Gasteiger partial charge >= 0.3 is 0 Å². The summed E-state index contributed by atoms with van der Waals surface area (Å²) >= 11 is 0. The summed E-state index contributed by atoms with van der Waals surface area (Å²) in [6.45, 7) is 4.75. The Morgan fingerprint density at radius 2 is 1.74 bits per heavy atom. The van der Waals surface area contributed by atoms with Crippen LogP contribution in [0.2, 0.25) is 0 Å². The van der Waals surface area contributed by atoms with E-state index in [-0.39, 0.29) is 5.41 Å². The van der Waals surface area contributed by atoms with Gasteiger partial charge in [0.05, 0.1) is 5.60 Å². The molecule has 2 unspecified atom stereocenters. The zero-order valence-electron chi connectivity index (χ0n) is 12.6.